The number of para-hydroxylation sites is 1. The Morgan fingerprint density at radius 3 is 2.67 bits per heavy atom. The summed E-state index contributed by atoms with van der Waals surface area (Å²) in [4.78, 5) is 40.1. The van der Waals surface area contributed by atoms with Crippen LogP contribution in [0, 0.1) is 10.8 Å². The summed E-state index contributed by atoms with van der Waals surface area (Å²) in [5.74, 6) is -3.89. The number of benzene rings is 1. The van der Waals surface area contributed by atoms with Crippen molar-refractivity contribution in [3.63, 3.8) is 0 Å². The van der Waals surface area contributed by atoms with E-state index in [4.69, 9.17) is 15.6 Å². The normalized spacial score (nSPS) is 31.8. The van der Waals surface area contributed by atoms with Crippen LogP contribution in [0.25, 0.3) is 0 Å². The van der Waals surface area contributed by atoms with Crippen molar-refractivity contribution in [2.45, 2.75) is 48.8 Å². The van der Waals surface area contributed by atoms with Gasteiger partial charge in [-0.1, -0.05) is 12.1 Å². The lowest BCUT2D eigenvalue weighted by Crippen LogP contribution is -2.81. The number of carbonyl (C=O) groups is 3. The number of nitrogens with zero attached hydrogens (tertiary/aromatic N) is 2. The zero-order valence-electron chi connectivity index (χ0n) is 19.1. The van der Waals surface area contributed by atoms with E-state index in [1.54, 1.807) is 12.1 Å². The van der Waals surface area contributed by atoms with E-state index in [9.17, 15) is 24.6 Å². The van der Waals surface area contributed by atoms with Gasteiger partial charge in [-0.2, -0.15) is 0 Å². The van der Waals surface area contributed by atoms with Gasteiger partial charge < -0.3 is 41.1 Å². The quantitative estimate of drug-likeness (QED) is 0.156. The lowest BCUT2D eigenvalue weighted by atomic mass is 9.84. The van der Waals surface area contributed by atoms with Crippen LogP contribution in [-0.4, -0.2) is 98.9 Å². The molecule has 36 heavy (non-hydrogen) atoms. The molecule has 1 aromatic carbocycles. The Kier molecular flexibility index (Phi) is 4.72. The molecule has 5 aliphatic heterocycles. The molecule has 4 atom stereocenters. The maximum absolute atomic E-state index is 13.2. The molecule has 4 saturated heterocycles. The standard InChI is InChI=1S/C22H26N8O6/c23-19-27-17-12(8-29-14(31)4-5-15(29)32)25-20(24)30-9-13(22(34,35)21(17,30)28-19)26-18(33)11-3-1-2-10-6-7-36-16(10)11/h1-3,12-13,17,34-35H,4-9H2,(H2,24,25)(H,26,33)(H3,23,27,28)/t12-,13?,17?,21?/m0/s1. The molecule has 190 valence electrons. The first kappa shape index (κ1) is 22.5. The number of aliphatic hydroxyl groups is 2. The monoisotopic (exact) mass is 498 g/mol. The van der Waals surface area contributed by atoms with E-state index in [0.29, 0.717) is 18.8 Å². The molecular formula is C22H26N8O6. The second kappa shape index (κ2) is 7.54. The van der Waals surface area contributed by atoms with Gasteiger partial charge >= 0.3 is 0 Å². The summed E-state index contributed by atoms with van der Waals surface area (Å²) in [6, 6.07) is 2.17. The Bertz CT molecular complexity index is 1200. The van der Waals surface area contributed by atoms with E-state index in [0.717, 1.165) is 10.5 Å². The largest absolute Gasteiger partial charge is 0.492 e. The first-order chi connectivity index (χ1) is 17.1. The minimum atomic E-state index is -2.66. The van der Waals surface area contributed by atoms with Crippen LogP contribution in [0.5, 0.6) is 5.75 Å². The van der Waals surface area contributed by atoms with Crippen molar-refractivity contribution in [3.8, 4) is 5.75 Å². The van der Waals surface area contributed by atoms with Crippen LogP contribution in [-0.2, 0) is 16.0 Å². The highest BCUT2D eigenvalue weighted by Crippen LogP contribution is 2.43. The van der Waals surface area contributed by atoms with E-state index in [1.165, 1.54) is 4.90 Å². The lowest BCUT2D eigenvalue weighted by molar-refractivity contribution is -0.232. The zero-order chi connectivity index (χ0) is 25.4. The Hall–Kier alpha value is -3.91. The summed E-state index contributed by atoms with van der Waals surface area (Å²) in [5, 5.41) is 51.0. The molecular weight excluding hydrogens is 472 g/mol. The average Bonchev–Trinajstić information content (AvgIpc) is 3.57. The van der Waals surface area contributed by atoms with Gasteiger partial charge in [0.1, 0.15) is 11.8 Å². The minimum absolute atomic E-state index is 0.0946. The highest BCUT2D eigenvalue weighted by atomic mass is 16.5. The van der Waals surface area contributed by atoms with E-state index in [2.05, 4.69) is 21.3 Å². The third-order valence-corrected chi connectivity index (χ3v) is 7.70. The topological polar surface area (TPSA) is 203 Å². The zero-order valence-corrected chi connectivity index (χ0v) is 19.1. The summed E-state index contributed by atoms with van der Waals surface area (Å²) in [6.45, 7) is 0.172. The summed E-state index contributed by atoms with van der Waals surface area (Å²) in [6.07, 6.45) is 0.862. The molecule has 8 N–H and O–H groups in total. The van der Waals surface area contributed by atoms with Gasteiger partial charge in [-0.3, -0.25) is 30.1 Å². The molecule has 1 spiro atoms. The van der Waals surface area contributed by atoms with Crippen LogP contribution in [0.15, 0.2) is 18.2 Å². The molecule has 5 aliphatic rings. The molecule has 3 unspecified atom stereocenters. The van der Waals surface area contributed by atoms with Gasteiger partial charge in [0.2, 0.25) is 17.6 Å². The number of imide groups is 1. The van der Waals surface area contributed by atoms with Gasteiger partial charge in [-0.05, 0) is 11.6 Å². The van der Waals surface area contributed by atoms with Crippen LogP contribution >= 0.6 is 0 Å². The fraction of sp³-hybridized carbons (Fsp3) is 0.500. The van der Waals surface area contributed by atoms with Crippen molar-refractivity contribution in [3.05, 3.63) is 29.3 Å². The Labute approximate surface area is 205 Å². The SMILES string of the molecule is N=C1NC2[C@H](CN3C(=O)CCC3=O)NC(=N)N3CC(NC(=O)c4cccc5c4OCC5)C(O)(O)C23N1. The van der Waals surface area contributed by atoms with Crippen molar-refractivity contribution in [2.75, 3.05) is 19.7 Å². The van der Waals surface area contributed by atoms with Crippen LogP contribution in [0.1, 0.15) is 28.8 Å². The number of guanidine groups is 2. The van der Waals surface area contributed by atoms with E-state index >= 15 is 0 Å². The van der Waals surface area contributed by atoms with Gasteiger partial charge in [-0.25, -0.2) is 0 Å². The molecule has 0 saturated carbocycles. The van der Waals surface area contributed by atoms with Gasteiger partial charge in [0, 0.05) is 25.8 Å². The summed E-state index contributed by atoms with van der Waals surface area (Å²) >= 11 is 0. The van der Waals surface area contributed by atoms with Crippen molar-refractivity contribution >= 4 is 29.6 Å². The van der Waals surface area contributed by atoms with Crippen molar-refractivity contribution < 1.29 is 29.3 Å². The number of likely N-dealkylation sites (tertiary alicyclic amines) is 1. The lowest BCUT2D eigenvalue weighted by Gasteiger charge is -2.51. The fourth-order valence-corrected chi connectivity index (χ4v) is 5.99. The molecule has 5 heterocycles. The number of nitrogens with one attached hydrogen (secondary N) is 6. The maximum atomic E-state index is 13.2. The molecule has 3 amide bonds. The predicted molar refractivity (Wildman–Crippen MR) is 122 cm³/mol. The number of hydrogen-bond donors (Lipinski definition) is 8. The summed E-state index contributed by atoms with van der Waals surface area (Å²) in [5.41, 5.74) is -0.669. The van der Waals surface area contributed by atoms with Gasteiger partial charge in [-0.15, -0.1) is 0 Å². The van der Waals surface area contributed by atoms with Crippen molar-refractivity contribution in [1.82, 2.24) is 31.1 Å². The van der Waals surface area contributed by atoms with Gasteiger partial charge in [0.25, 0.3) is 5.91 Å². The van der Waals surface area contributed by atoms with Gasteiger partial charge in [0.15, 0.2) is 17.6 Å². The Morgan fingerprint density at radius 2 is 1.92 bits per heavy atom. The number of rotatable bonds is 4. The molecule has 4 fully saturated rings. The molecule has 0 bridgehead atoms. The van der Waals surface area contributed by atoms with Crippen LogP contribution in [0.3, 0.4) is 0 Å². The summed E-state index contributed by atoms with van der Waals surface area (Å²) in [7, 11) is 0. The molecule has 6 rings (SSSR count). The molecule has 1 aromatic rings. The average molecular weight is 499 g/mol. The Balaban J connectivity index is 1.31. The van der Waals surface area contributed by atoms with Crippen LogP contribution in [0.4, 0.5) is 0 Å². The minimum Gasteiger partial charge on any atom is -0.492 e. The third-order valence-electron chi connectivity index (χ3n) is 7.70. The molecule has 0 radical (unpaired) electrons. The predicted octanol–water partition coefficient (Wildman–Crippen LogP) is -3.04. The van der Waals surface area contributed by atoms with Gasteiger partial charge in [0.05, 0.1) is 30.8 Å². The molecule has 0 aromatic heterocycles. The highest BCUT2D eigenvalue weighted by Gasteiger charge is 2.74. The third kappa shape index (κ3) is 2.94. The maximum Gasteiger partial charge on any atom is 0.255 e. The van der Waals surface area contributed by atoms with Crippen molar-refractivity contribution in [2.24, 2.45) is 0 Å². The first-order valence-corrected chi connectivity index (χ1v) is 11.7. The van der Waals surface area contributed by atoms with Crippen molar-refractivity contribution in [1.29, 1.82) is 10.8 Å². The van der Waals surface area contributed by atoms with E-state index in [-0.39, 0.29) is 55.2 Å². The smallest absolute Gasteiger partial charge is 0.255 e. The number of hydrogen-bond acceptors (Lipinski definition) is 8. The molecule has 14 heteroatoms. The second-order valence-electron chi connectivity index (χ2n) is 9.64. The number of ether oxygens (including phenoxy) is 1. The first-order valence-electron chi connectivity index (χ1n) is 11.7. The fourth-order valence-electron chi connectivity index (χ4n) is 5.99. The second-order valence-corrected chi connectivity index (χ2v) is 9.64. The van der Waals surface area contributed by atoms with Crippen LogP contribution in [0.2, 0.25) is 0 Å². The number of carbonyl (C=O) groups excluding carboxylic acids is 3. The molecule has 14 nitrogen and oxygen atoms in total. The summed E-state index contributed by atoms with van der Waals surface area (Å²) < 4.78 is 5.61. The number of fused-ring (bicyclic) bond motifs is 1. The van der Waals surface area contributed by atoms with Crippen LogP contribution < -0.4 is 26.0 Å². The van der Waals surface area contributed by atoms with E-state index < -0.39 is 35.5 Å². The number of amides is 3. The highest BCUT2D eigenvalue weighted by molar-refractivity contribution is 6.02. The Morgan fingerprint density at radius 1 is 1.17 bits per heavy atom. The molecule has 0 aliphatic carbocycles. The van der Waals surface area contributed by atoms with E-state index in [1.807, 2.05) is 6.07 Å².